The van der Waals surface area contributed by atoms with Gasteiger partial charge in [0.05, 0.1) is 16.8 Å². The van der Waals surface area contributed by atoms with Crippen LogP contribution in [0.1, 0.15) is 5.56 Å². The van der Waals surface area contributed by atoms with Crippen LogP contribution in [0, 0.1) is 0 Å². The molecule has 0 bridgehead atoms. The summed E-state index contributed by atoms with van der Waals surface area (Å²) in [6.45, 7) is 0.793. The Labute approximate surface area is 185 Å². The number of aromatic nitrogens is 6. The molecule has 0 radical (unpaired) electrons. The molecular weight excluding hydrogens is 426 g/mol. The fraction of sp³-hybridized carbons (Fsp3) is 0.227. The Morgan fingerprint density at radius 3 is 2.72 bits per heavy atom. The second-order valence-corrected chi connectivity index (χ2v) is 10.3. The van der Waals surface area contributed by atoms with E-state index in [1.807, 2.05) is 61.1 Å². The zero-order valence-corrected chi connectivity index (χ0v) is 19.1. The average molecular weight is 450 g/mol. The number of nitrogens with one attached hydrogen (secondary N) is 1. The highest BCUT2D eigenvalue weighted by molar-refractivity contribution is 7.90. The smallest absolute Gasteiger partial charge is 0.180 e. The second kappa shape index (κ2) is 7.28. The molecule has 0 aliphatic rings. The Bertz CT molecular complexity index is 1570. The third-order valence-corrected chi connectivity index (χ3v) is 6.51. The quantitative estimate of drug-likeness (QED) is 0.443. The number of H-pyrrole nitrogens is 1. The van der Waals surface area contributed by atoms with E-state index in [1.165, 1.54) is 6.26 Å². The van der Waals surface area contributed by atoms with Crippen molar-refractivity contribution in [2.24, 2.45) is 7.05 Å². The molecule has 0 aliphatic heterocycles. The average Bonchev–Trinajstić information content (AvgIpc) is 3.43. The standard InChI is InChI=1S/C22H23N7O2S/c1-27(2)11-14-10-24-29(12-14)19-7-8-23-22-20(19)25-21(26-22)17-13-28(3)18-6-5-15(9-16(17)18)32(4,30)31/h5-10,12-13H,11H2,1-4H3,(H,23,25,26). The molecule has 0 atom stereocenters. The molecule has 4 aromatic heterocycles. The zero-order valence-electron chi connectivity index (χ0n) is 18.2. The largest absolute Gasteiger partial charge is 0.350 e. The molecule has 0 saturated carbocycles. The van der Waals surface area contributed by atoms with E-state index in [-0.39, 0.29) is 4.90 Å². The van der Waals surface area contributed by atoms with Crippen LogP contribution in [0.4, 0.5) is 0 Å². The second-order valence-electron chi connectivity index (χ2n) is 8.25. The summed E-state index contributed by atoms with van der Waals surface area (Å²) in [4.78, 5) is 14.9. The number of imidazole rings is 1. The first-order valence-electron chi connectivity index (χ1n) is 10.0. The molecule has 0 aliphatic carbocycles. The van der Waals surface area contributed by atoms with Crippen molar-refractivity contribution in [3.05, 3.63) is 54.6 Å². The summed E-state index contributed by atoms with van der Waals surface area (Å²) in [5.41, 5.74) is 5.00. The van der Waals surface area contributed by atoms with Gasteiger partial charge in [0.25, 0.3) is 0 Å². The molecule has 1 aromatic carbocycles. The van der Waals surface area contributed by atoms with Crippen LogP contribution in [-0.4, -0.2) is 63.0 Å². The van der Waals surface area contributed by atoms with Crippen LogP contribution < -0.4 is 0 Å². The molecule has 32 heavy (non-hydrogen) atoms. The fourth-order valence-electron chi connectivity index (χ4n) is 3.95. The first-order chi connectivity index (χ1) is 15.2. The molecular formula is C22H23N7O2S. The number of aromatic amines is 1. The molecule has 1 N–H and O–H groups in total. The van der Waals surface area contributed by atoms with Gasteiger partial charge in [0, 0.05) is 60.5 Å². The number of benzene rings is 1. The Balaban J connectivity index is 1.66. The van der Waals surface area contributed by atoms with E-state index in [2.05, 4.69) is 20.0 Å². The van der Waals surface area contributed by atoms with Crippen molar-refractivity contribution in [2.45, 2.75) is 11.4 Å². The summed E-state index contributed by atoms with van der Waals surface area (Å²) in [7, 11) is 2.63. The van der Waals surface area contributed by atoms with E-state index in [0.717, 1.165) is 39.8 Å². The van der Waals surface area contributed by atoms with E-state index in [1.54, 1.807) is 18.3 Å². The van der Waals surface area contributed by atoms with Crippen LogP contribution in [0.25, 0.3) is 39.1 Å². The minimum atomic E-state index is -3.33. The first kappa shape index (κ1) is 20.4. The summed E-state index contributed by atoms with van der Waals surface area (Å²) in [5, 5.41) is 5.32. The number of fused-ring (bicyclic) bond motifs is 2. The van der Waals surface area contributed by atoms with Gasteiger partial charge >= 0.3 is 0 Å². The molecule has 0 fully saturated rings. The molecule has 9 nitrogen and oxygen atoms in total. The normalized spacial score (nSPS) is 12.4. The maximum Gasteiger partial charge on any atom is 0.180 e. The van der Waals surface area contributed by atoms with Crippen molar-refractivity contribution in [1.82, 2.24) is 34.2 Å². The molecule has 0 unspecified atom stereocenters. The molecule has 4 heterocycles. The van der Waals surface area contributed by atoms with Gasteiger partial charge in [0.1, 0.15) is 11.3 Å². The van der Waals surface area contributed by atoms with Gasteiger partial charge in [-0.1, -0.05) is 0 Å². The Kier molecular flexibility index (Phi) is 4.64. The summed E-state index contributed by atoms with van der Waals surface area (Å²) >= 11 is 0. The topological polar surface area (TPSA) is 102 Å². The fourth-order valence-corrected chi connectivity index (χ4v) is 4.59. The number of hydrogen-bond acceptors (Lipinski definition) is 6. The zero-order chi connectivity index (χ0) is 22.6. The van der Waals surface area contributed by atoms with Crippen LogP contribution in [0.15, 0.2) is 53.9 Å². The summed E-state index contributed by atoms with van der Waals surface area (Å²) in [5.74, 6) is 0.622. The number of aryl methyl sites for hydroxylation is 1. The van der Waals surface area contributed by atoms with Gasteiger partial charge in [-0.25, -0.2) is 23.1 Å². The number of pyridine rings is 1. The van der Waals surface area contributed by atoms with Crippen LogP contribution in [0.2, 0.25) is 0 Å². The van der Waals surface area contributed by atoms with Gasteiger partial charge in [0.2, 0.25) is 0 Å². The van der Waals surface area contributed by atoms with Gasteiger partial charge in [0.15, 0.2) is 15.5 Å². The van der Waals surface area contributed by atoms with Crippen molar-refractivity contribution in [3.63, 3.8) is 0 Å². The van der Waals surface area contributed by atoms with Gasteiger partial charge < -0.3 is 14.5 Å². The Morgan fingerprint density at radius 1 is 1.16 bits per heavy atom. The predicted octanol–water partition coefficient (Wildman–Crippen LogP) is 2.77. The molecule has 0 saturated heterocycles. The minimum absolute atomic E-state index is 0.275. The summed E-state index contributed by atoms with van der Waals surface area (Å²) in [6, 6.07) is 7.03. The molecule has 164 valence electrons. The Hall–Kier alpha value is -3.50. The third-order valence-electron chi connectivity index (χ3n) is 5.40. The van der Waals surface area contributed by atoms with Crippen molar-refractivity contribution in [2.75, 3.05) is 20.4 Å². The lowest BCUT2D eigenvalue weighted by atomic mass is 10.1. The van der Waals surface area contributed by atoms with E-state index in [4.69, 9.17) is 4.98 Å². The monoisotopic (exact) mass is 449 g/mol. The predicted molar refractivity (Wildman–Crippen MR) is 123 cm³/mol. The molecule has 5 rings (SSSR count). The lowest BCUT2D eigenvalue weighted by Gasteiger charge is -2.06. The minimum Gasteiger partial charge on any atom is -0.350 e. The van der Waals surface area contributed by atoms with E-state index in [0.29, 0.717) is 11.5 Å². The van der Waals surface area contributed by atoms with E-state index >= 15 is 0 Å². The molecule has 5 aromatic rings. The van der Waals surface area contributed by atoms with E-state index < -0.39 is 9.84 Å². The first-order valence-corrected chi connectivity index (χ1v) is 11.9. The summed E-state index contributed by atoms with van der Waals surface area (Å²) in [6.07, 6.45) is 8.70. The number of nitrogens with zero attached hydrogens (tertiary/aromatic N) is 6. The van der Waals surface area contributed by atoms with E-state index in [9.17, 15) is 8.42 Å². The Morgan fingerprint density at radius 2 is 1.97 bits per heavy atom. The SMILES string of the molecule is CN(C)Cc1cnn(-c2ccnc3nc(-c4cn(C)c5ccc(S(C)(=O)=O)cc45)[nH]c23)c1. The van der Waals surface area contributed by atoms with Crippen molar-refractivity contribution in [1.29, 1.82) is 0 Å². The highest BCUT2D eigenvalue weighted by Crippen LogP contribution is 2.32. The maximum atomic E-state index is 12.1. The number of hydrogen-bond donors (Lipinski definition) is 1. The lowest BCUT2D eigenvalue weighted by molar-refractivity contribution is 0.402. The summed E-state index contributed by atoms with van der Waals surface area (Å²) < 4.78 is 28.0. The van der Waals surface area contributed by atoms with Gasteiger partial charge in [-0.2, -0.15) is 5.10 Å². The lowest BCUT2D eigenvalue weighted by Crippen LogP contribution is -2.09. The van der Waals surface area contributed by atoms with Crippen LogP contribution in [0.5, 0.6) is 0 Å². The highest BCUT2D eigenvalue weighted by atomic mass is 32.2. The number of sulfone groups is 1. The third kappa shape index (κ3) is 3.47. The van der Waals surface area contributed by atoms with Crippen LogP contribution in [-0.2, 0) is 23.4 Å². The van der Waals surface area contributed by atoms with Crippen LogP contribution >= 0.6 is 0 Å². The number of rotatable bonds is 5. The highest BCUT2D eigenvalue weighted by Gasteiger charge is 2.18. The van der Waals surface area contributed by atoms with Gasteiger partial charge in [-0.05, 0) is 38.4 Å². The molecule has 0 amide bonds. The maximum absolute atomic E-state index is 12.1. The van der Waals surface area contributed by atoms with Gasteiger partial charge in [-0.15, -0.1) is 0 Å². The van der Waals surface area contributed by atoms with Gasteiger partial charge in [-0.3, -0.25) is 0 Å². The molecule has 0 spiro atoms. The molecule has 10 heteroatoms. The van der Waals surface area contributed by atoms with Crippen molar-refractivity contribution < 1.29 is 8.42 Å². The van der Waals surface area contributed by atoms with Crippen molar-refractivity contribution in [3.8, 4) is 17.1 Å². The van der Waals surface area contributed by atoms with Crippen molar-refractivity contribution >= 4 is 31.9 Å². The van der Waals surface area contributed by atoms with Crippen LogP contribution in [0.3, 0.4) is 0 Å².